The zero-order valence-corrected chi connectivity index (χ0v) is 13.6. The number of halogens is 1. The molecule has 4 rings (SSSR count). The lowest BCUT2D eigenvalue weighted by molar-refractivity contribution is 0.378. The Balaban J connectivity index is 1.61. The van der Waals surface area contributed by atoms with E-state index in [1.54, 1.807) is 12.4 Å². The molecule has 0 aliphatic carbocycles. The maximum atomic E-state index is 13.5. The van der Waals surface area contributed by atoms with Gasteiger partial charge in [0.15, 0.2) is 11.5 Å². The van der Waals surface area contributed by atoms with Crippen molar-refractivity contribution in [1.82, 2.24) is 30.1 Å². The van der Waals surface area contributed by atoms with E-state index in [4.69, 9.17) is 4.52 Å². The van der Waals surface area contributed by atoms with E-state index in [-0.39, 0.29) is 5.82 Å². The summed E-state index contributed by atoms with van der Waals surface area (Å²) < 4.78 is 18.8. The Morgan fingerprint density at radius 3 is 3.00 bits per heavy atom. The summed E-state index contributed by atoms with van der Waals surface area (Å²) in [5.41, 5.74) is 2.79. The van der Waals surface area contributed by atoms with Gasteiger partial charge in [-0.2, -0.15) is 4.98 Å². The van der Waals surface area contributed by atoms with Crippen LogP contribution in [-0.2, 0) is 6.54 Å². The minimum absolute atomic E-state index is 0.340. The monoisotopic (exact) mass is 339 g/mol. The molecule has 126 valence electrons. The molecule has 4 aromatic rings. The minimum Gasteiger partial charge on any atom is -0.348 e. The van der Waals surface area contributed by atoms with E-state index < -0.39 is 0 Å². The van der Waals surface area contributed by atoms with Gasteiger partial charge in [-0.1, -0.05) is 11.2 Å². The number of anilines is 1. The Morgan fingerprint density at radius 1 is 1.24 bits per heavy atom. The number of imidazole rings is 1. The molecule has 0 radical (unpaired) electrons. The molecule has 0 atom stereocenters. The van der Waals surface area contributed by atoms with Crippen molar-refractivity contribution in [1.29, 1.82) is 0 Å². The van der Waals surface area contributed by atoms with Crippen LogP contribution in [0.15, 0.2) is 35.4 Å². The lowest BCUT2D eigenvalue weighted by atomic mass is 10.1. The highest BCUT2D eigenvalue weighted by atomic mass is 19.1. The molecule has 0 spiro atoms. The Kier molecular flexibility index (Phi) is 3.60. The number of H-pyrrole nitrogens is 1. The molecule has 0 saturated heterocycles. The first kappa shape index (κ1) is 15.2. The Labute approximate surface area is 141 Å². The van der Waals surface area contributed by atoms with E-state index in [1.807, 2.05) is 18.9 Å². The maximum absolute atomic E-state index is 13.5. The Bertz CT molecular complexity index is 1040. The lowest BCUT2D eigenvalue weighted by Crippen LogP contribution is -2.18. The largest absolute Gasteiger partial charge is 0.348 e. The second-order valence-electron chi connectivity index (χ2n) is 5.63. The van der Waals surface area contributed by atoms with Gasteiger partial charge in [0.25, 0.3) is 0 Å². The highest BCUT2D eigenvalue weighted by Crippen LogP contribution is 2.23. The van der Waals surface area contributed by atoms with Gasteiger partial charge in [0.1, 0.15) is 17.7 Å². The van der Waals surface area contributed by atoms with Gasteiger partial charge >= 0.3 is 0 Å². The summed E-state index contributed by atoms with van der Waals surface area (Å²) in [6.45, 7) is 2.21. The first-order chi connectivity index (χ1) is 12.1. The number of hydrogen-bond acceptors (Lipinski definition) is 7. The molecule has 3 heterocycles. The molecular weight excluding hydrogens is 325 g/mol. The van der Waals surface area contributed by atoms with Crippen LogP contribution in [0.3, 0.4) is 0 Å². The maximum Gasteiger partial charge on any atom is 0.246 e. The highest BCUT2D eigenvalue weighted by molar-refractivity contribution is 5.82. The van der Waals surface area contributed by atoms with Gasteiger partial charge in [-0.3, -0.25) is 0 Å². The first-order valence-electron chi connectivity index (χ1n) is 7.56. The summed E-state index contributed by atoms with van der Waals surface area (Å²) in [5.74, 6) is 1.08. The standard InChI is InChI=1S/C16H14FN7O/c1-9-3-4-10(17)5-11(9)14-22-12(25-23-14)6-24(2)16-13-15(19-7-18-13)20-8-21-16/h3-5,7-8H,6H2,1-2H3,(H,18,19,20,21). The van der Waals surface area contributed by atoms with Crippen molar-refractivity contribution in [3.8, 4) is 11.4 Å². The molecule has 1 aromatic carbocycles. The van der Waals surface area contributed by atoms with E-state index in [9.17, 15) is 4.39 Å². The predicted molar refractivity (Wildman–Crippen MR) is 88.2 cm³/mol. The molecule has 0 aliphatic heterocycles. The van der Waals surface area contributed by atoms with Crippen molar-refractivity contribution < 1.29 is 8.91 Å². The van der Waals surface area contributed by atoms with Gasteiger partial charge in [-0.15, -0.1) is 0 Å². The van der Waals surface area contributed by atoms with Crippen LogP contribution in [0.2, 0.25) is 0 Å². The molecule has 3 aromatic heterocycles. The fourth-order valence-electron chi connectivity index (χ4n) is 2.58. The number of fused-ring (bicyclic) bond motifs is 1. The second-order valence-corrected chi connectivity index (χ2v) is 5.63. The van der Waals surface area contributed by atoms with Gasteiger partial charge in [-0.25, -0.2) is 19.3 Å². The number of aromatic nitrogens is 6. The third-order valence-corrected chi connectivity index (χ3v) is 3.85. The van der Waals surface area contributed by atoms with Gasteiger partial charge in [0, 0.05) is 12.6 Å². The van der Waals surface area contributed by atoms with E-state index in [2.05, 4.69) is 30.1 Å². The number of nitrogens with one attached hydrogen (secondary N) is 1. The van der Waals surface area contributed by atoms with Gasteiger partial charge in [-0.05, 0) is 24.6 Å². The number of aryl methyl sites for hydroxylation is 1. The van der Waals surface area contributed by atoms with E-state index in [0.717, 1.165) is 11.1 Å². The van der Waals surface area contributed by atoms with Crippen molar-refractivity contribution >= 4 is 17.0 Å². The summed E-state index contributed by atoms with van der Waals surface area (Å²) in [6.07, 6.45) is 3.01. The van der Waals surface area contributed by atoms with Gasteiger partial charge < -0.3 is 14.4 Å². The fraction of sp³-hybridized carbons (Fsp3) is 0.188. The van der Waals surface area contributed by atoms with Crippen molar-refractivity contribution in [2.24, 2.45) is 0 Å². The molecule has 0 bridgehead atoms. The van der Waals surface area contributed by atoms with Gasteiger partial charge in [0.2, 0.25) is 11.7 Å². The van der Waals surface area contributed by atoms with Crippen LogP contribution in [0.1, 0.15) is 11.5 Å². The summed E-state index contributed by atoms with van der Waals surface area (Å²) in [4.78, 5) is 21.7. The molecule has 0 unspecified atom stereocenters. The minimum atomic E-state index is -0.341. The zero-order chi connectivity index (χ0) is 17.4. The fourth-order valence-corrected chi connectivity index (χ4v) is 2.58. The highest BCUT2D eigenvalue weighted by Gasteiger charge is 2.16. The van der Waals surface area contributed by atoms with Crippen LogP contribution in [0.4, 0.5) is 10.2 Å². The van der Waals surface area contributed by atoms with E-state index in [0.29, 0.717) is 35.3 Å². The molecule has 0 amide bonds. The van der Waals surface area contributed by atoms with Gasteiger partial charge in [0.05, 0.1) is 12.9 Å². The molecule has 1 N–H and O–H groups in total. The third-order valence-electron chi connectivity index (χ3n) is 3.85. The topological polar surface area (TPSA) is 96.6 Å². The average molecular weight is 339 g/mol. The third kappa shape index (κ3) is 2.80. The van der Waals surface area contributed by atoms with E-state index in [1.165, 1.54) is 18.5 Å². The number of rotatable bonds is 4. The number of hydrogen-bond donors (Lipinski definition) is 1. The summed E-state index contributed by atoms with van der Waals surface area (Å²) in [5, 5.41) is 3.96. The number of aromatic amines is 1. The molecule has 8 nitrogen and oxygen atoms in total. The van der Waals surface area contributed by atoms with E-state index >= 15 is 0 Å². The molecule has 0 aliphatic rings. The molecule has 0 saturated carbocycles. The normalized spacial score (nSPS) is 11.2. The first-order valence-corrected chi connectivity index (χ1v) is 7.56. The zero-order valence-electron chi connectivity index (χ0n) is 13.6. The molecule has 0 fully saturated rings. The van der Waals surface area contributed by atoms with Crippen molar-refractivity contribution in [3.63, 3.8) is 0 Å². The summed E-state index contributed by atoms with van der Waals surface area (Å²) in [7, 11) is 1.85. The smallest absolute Gasteiger partial charge is 0.246 e. The second kappa shape index (κ2) is 5.93. The molecular formula is C16H14FN7O. The van der Waals surface area contributed by atoms with Crippen LogP contribution in [-0.4, -0.2) is 37.1 Å². The van der Waals surface area contributed by atoms with Crippen molar-refractivity contribution in [3.05, 3.63) is 48.1 Å². The van der Waals surface area contributed by atoms with Crippen LogP contribution in [0, 0.1) is 12.7 Å². The number of nitrogens with zero attached hydrogens (tertiary/aromatic N) is 6. The van der Waals surface area contributed by atoms with Crippen LogP contribution in [0.5, 0.6) is 0 Å². The molecule has 25 heavy (non-hydrogen) atoms. The summed E-state index contributed by atoms with van der Waals surface area (Å²) >= 11 is 0. The SMILES string of the molecule is Cc1ccc(F)cc1-c1noc(CN(C)c2ncnc3nc[nH]c23)n1. The predicted octanol–water partition coefficient (Wildman–Crippen LogP) is 2.49. The summed E-state index contributed by atoms with van der Waals surface area (Å²) in [6, 6.07) is 4.48. The van der Waals surface area contributed by atoms with Crippen LogP contribution in [0.25, 0.3) is 22.6 Å². The lowest BCUT2D eigenvalue weighted by Gasteiger charge is -2.15. The number of benzene rings is 1. The quantitative estimate of drug-likeness (QED) is 0.610. The van der Waals surface area contributed by atoms with Crippen LogP contribution < -0.4 is 4.90 Å². The Hall–Kier alpha value is -3.36. The van der Waals surface area contributed by atoms with Crippen LogP contribution >= 0.6 is 0 Å². The Morgan fingerprint density at radius 2 is 2.12 bits per heavy atom. The van der Waals surface area contributed by atoms with Crippen molar-refractivity contribution in [2.75, 3.05) is 11.9 Å². The van der Waals surface area contributed by atoms with Crippen molar-refractivity contribution in [2.45, 2.75) is 13.5 Å². The average Bonchev–Trinajstić information content (AvgIpc) is 3.25. The molecule has 9 heteroatoms.